The number of rotatable bonds is 3. The van der Waals surface area contributed by atoms with E-state index in [9.17, 15) is 0 Å². The highest BCUT2D eigenvalue weighted by atomic mass is 32.1. The number of piperazine rings is 1. The van der Waals surface area contributed by atoms with Crippen LogP contribution < -0.4 is 4.90 Å². The Labute approximate surface area is 184 Å². The summed E-state index contributed by atoms with van der Waals surface area (Å²) in [5, 5.41) is 0. The average molecular weight is 427 g/mol. The summed E-state index contributed by atoms with van der Waals surface area (Å²) in [6.45, 7) is 4.40. The second kappa shape index (κ2) is 7.44. The molecule has 0 bridgehead atoms. The molecule has 4 heterocycles. The van der Waals surface area contributed by atoms with E-state index >= 15 is 0 Å². The summed E-state index contributed by atoms with van der Waals surface area (Å²) in [4.78, 5) is 9.50. The molecule has 0 saturated carbocycles. The van der Waals surface area contributed by atoms with Crippen LogP contribution in [0.4, 0.5) is 5.69 Å². The van der Waals surface area contributed by atoms with E-state index in [1.165, 1.54) is 28.5 Å². The summed E-state index contributed by atoms with van der Waals surface area (Å²) in [5.74, 6) is 0. The molecular formula is C24H22N6S. The van der Waals surface area contributed by atoms with Gasteiger partial charge in [0.15, 0.2) is 0 Å². The number of nitrogens with zero attached hydrogens (tertiary/aromatic N) is 6. The van der Waals surface area contributed by atoms with E-state index in [-0.39, 0.29) is 0 Å². The number of benzene rings is 2. The first-order valence-electron chi connectivity index (χ1n) is 10.5. The minimum absolute atomic E-state index is 0.925. The molecule has 0 spiro atoms. The van der Waals surface area contributed by atoms with Crippen molar-refractivity contribution < 1.29 is 0 Å². The topological polar surface area (TPSA) is 49.6 Å². The van der Waals surface area contributed by atoms with Crippen molar-refractivity contribution in [2.45, 2.75) is 0 Å². The van der Waals surface area contributed by atoms with Gasteiger partial charge in [-0.05, 0) is 54.6 Å². The zero-order valence-corrected chi connectivity index (χ0v) is 18.1. The van der Waals surface area contributed by atoms with Crippen LogP contribution in [-0.4, -0.2) is 56.3 Å². The summed E-state index contributed by atoms with van der Waals surface area (Å²) < 4.78 is 10.8. The Bertz CT molecular complexity index is 1360. The molecule has 1 saturated heterocycles. The van der Waals surface area contributed by atoms with Gasteiger partial charge in [-0.2, -0.15) is 8.75 Å². The summed E-state index contributed by atoms with van der Waals surface area (Å²) in [6.07, 6.45) is 4.03. The lowest BCUT2D eigenvalue weighted by Crippen LogP contribution is -2.44. The first-order chi connectivity index (χ1) is 15.2. The molecule has 1 aliphatic heterocycles. The SMILES string of the molecule is CN1CCN(c2ccc(-c3ccn4c(-c5ccc6nsnc6c5)cnc4c3)cc2)CC1. The van der Waals surface area contributed by atoms with Gasteiger partial charge >= 0.3 is 0 Å². The third kappa shape index (κ3) is 3.36. The Kier molecular flexibility index (Phi) is 4.44. The van der Waals surface area contributed by atoms with Crippen LogP contribution in [0.5, 0.6) is 0 Å². The minimum atomic E-state index is 0.925. The second-order valence-electron chi connectivity index (χ2n) is 8.09. The Hall–Kier alpha value is -3.29. The first-order valence-corrected chi connectivity index (χ1v) is 11.2. The van der Waals surface area contributed by atoms with Crippen molar-refractivity contribution in [1.29, 1.82) is 0 Å². The average Bonchev–Trinajstić information content (AvgIpc) is 3.45. The zero-order valence-electron chi connectivity index (χ0n) is 17.3. The molecule has 0 unspecified atom stereocenters. The van der Waals surface area contributed by atoms with Gasteiger partial charge in [0.1, 0.15) is 16.7 Å². The molecule has 0 aliphatic carbocycles. The van der Waals surface area contributed by atoms with Crippen molar-refractivity contribution in [1.82, 2.24) is 23.0 Å². The molecule has 0 amide bonds. The number of hydrogen-bond donors (Lipinski definition) is 0. The molecule has 31 heavy (non-hydrogen) atoms. The number of pyridine rings is 1. The Morgan fingerprint density at radius 1 is 0.774 bits per heavy atom. The number of imidazole rings is 1. The van der Waals surface area contributed by atoms with Gasteiger partial charge in [-0.3, -0.25) is 4.40 Å². The van der Waals surface area contributed by atoms with Crippen molar-refractivity contribution in [2.24, 2.45) is 0 Å². The second-order valence-corrected chi connectivity index (χ2v) is 8.62. The molecule has 3 aromatic heterocycles. The maximum atomic E-state index is 4.66. The zero-order chi connectivity index (χ0) is 20.8. The standard InChI is InChI=1S/C24H22N6S/c1-28-10-12-29(13-11-28)20-5-2-17(3-6-20)18-8-9-30-23(16-25-24(30)15-18)19-4-7-21-22(14-19)27-31-26-21/h2-9,14-16H,10-13H2,1H3. The molecule has 0 N–H and O–H groups in total. The molecule has 0 radical (unpaired) electrons. The molecule has 1 aliphatic rings. The largest absolute Gasteiger partial charge is 0.369 e. The molecule has 2 aromatic carbocycles. The summed E-state index contributed by atoms with van der Waals surface area (Å²) in [5.41, 5.74) is 8.63. The normalized spacial score (nSPS) is 15.2. The monoisotopic (exact) mass is 426 g/mol. The van der Waals surface area contributed by atoms with Crippen LogP contribution in [0.25, 0.3) is 39.1 Å². The quantitative estimate of drug-likeness (QED) is 0.427. The Morgan fingerprint density at radius 3 is 2.39 bits per heavy atom. The lowest BCUT2D eigenvalue weighted by atomic mass is 10.1. The van der Waals surface area contributed by atoms with E-state index in [0.29, 0.717) is 0 Å². The maximum Gasteiger partial charge on any atom is 0.137 e. The molecule has 5 aromatic rings. The van der Waals surface area contributed by atoms with Crippen molar-refractivity contribution in [3.05, 3.63) is 67.0 Å². The van der Waals surface area contributed by atoms with Gasteiger partial charge in [0.2, 0.25) is 0 Å². The van der Waals surface area contributed by atoms with Gasteiger partial charge in [0, 0.05) is 43.6 Å². The van der Waals surface area contributed by atoms with Gasteiger partial charge in [-0.25, -0.2) is 4.98 Å². The van der Waals surface area contributed by atoms with Crippen molar-refractivity contribution in [2.75, 3.05) is 38.1 Å². The number of aromatic nitrogens is 4. The third-order valence-electron chi connectivity index (χ3n) is 6.13. The van der Waals surface area contributed by atoms with Crippen LogP contribution in [0.3, 0.4) is 0 Å². The number of anilines is 1. The van der Waals surface area contributed by atoms with Crippen LogP contribution in [0.15, 0.2) is 67.0 Å². The lowest BCUT2D eigenvalue weighted by Gasteiger charge is -2.34. The maximum absolute atomic E-state index is 4.66. The van der Waals surface area contributed by atoms with Gasteiger partial charge in [-0.1, -0.05) is 18.2 Å². The van der Waals surface area contributed by atoms with E-state index in [1.807, 2.05) is 12.3 Å². The highest BCUT2D eigenvalue weighted by Gasteiger charge is 2.14. The van der Waals surface area contributed by atoms with Crippen LogP contribution in [0.2, 0.25) is 0 Å². The van der Waals surface area contributed by atoms with E-state index in [1.54, 1.807) is 0 Å². The number of hydrogen-bond acceptors (Lipinski definition) is 6. The molecule has 7 heteroatoms. The van der Waals surface area contributed by atoms with E-state index < -0.39 is 0 Å². The molecule has 6 nitrogen and oxygen atoms in total. The fourth-order valence-corrected chi connectivity index (χ4v) is 4.76. The van der Waals surface area contributed by atoms with Crippen molar-refractivity contribution >= 4 is 34.1 Å². The minimum Gasteiger partial charge on any atom is -0.369 e. The Morgan fingerprint density at radius 2 is 1.55 bits per heavy atom. The smallest absolute Gasteiger partial charge is 0.137 e. The number of likely N-dealkylation sites (N-methyl/N-ethyl adjacent to an activating group) is 1. The van der Waals surface area contributed by atoms with Crippen LogP contribution in [0, 0.1) is 0 Å². The molecule has 0 atom stereocenters. The van der Waals surface area contributed by atoms with Crippen LogP contribution in [0.1, 0.15) is 0 Å². The van der Waals surface area contributed by atoms with Crippen molar-refractivity contribution in [3.8, 4) is 22.4 Å². The van der Waals surface area contributed by atoms with E-state index in [0.717, 1.165) is 54.1 Å². The van der Waals surface area contributed by atoms with E-state index in [2.05, 4.69) is 89.7 Å². The van der Waals surface area contributed by atoms with E-state index in [4.69, 9.17) is 0 Å². The van der Waals surface area contributed by atoms with Gasteiger partial charge in [-0.15, -0.1) is 0 Å². The Balaban J connectivity index is 1.29. The predicted molar refractivity (Wildman–Crippen MR) is 127 cm³/mol. The third-order valence-corrected chi connectivity index (χ3v) is 6.69. The fourth-order valence-electron chi connectivity index (χ4n) is 4.24. The first kappa shape index (κ1) is 18.5. The number of fused-ring (bicyclic) bond motifs is 2. The molecule has 1 fully saturated rings. The van der Waals surface area contributed by atoms with Gasteiger partial charge in [0.05, 0.1) is 23.6 Å². The predicted octanol–water partition coefficient (Wildman–Crippen LogP) is 4.42. The molecule has 6 rings (SSSR count). The lowest BCUT2D eigenvalue weighted by molar-refractivity contribution is 0.313. The fraction of sp³-hybridized carbons (Fsp3) is 0.208. The highest BCUT2D eigenvalue weighted by Crippen LogP contribution is 2.28. The summed E-state index contributed by atoms with van der Waals surface area (Å²) in [7, 11) is 2.19. The molecular weight excluding hydrogens is 404 g/mol. The van der Waals surface area contributed by atoms with Crippen LogP contribution in [-0.2, 0) is 0 Å². The highest BCUT2D eigenvalue weighted by molar-refractivity contribution is 7.00. The summed E-state index contributed by atoms with van der Waals surface area (Å²) in [6, 6.07) is 19.4. The van der Waals surface area contributed by atoms with Gasteiger partial charge in [0.25, 0.3) is 0 Å². The van der Waals surface area contributed by atoms with Crippen LogP contribution >= 0.6 is 11.7 Å². The molecule has 154 valence electrons. The van der Waals surface area contributed by atoms with Gasteiger partial charge < -0.3 is 9.80 Å². The summed E-state index contributed by atoms with van der Waals surface area (Å²) >= 11 is 1.24. The van der Waals surface area contributed by atoms with Crippen molar-refractivity contribution in [3.63, 3.8) is 0 Å².